The Balaban J connectivity index is 1.75. The van der Waals surface area contributed by atoms with Crippen molar-refractivity contribution in [2.75, 3.05) is 5.01 Å². The van der Waals surface area contributed by atoms with Crippen LogP contribution in [0, 0.1) is 19.8 Å². The molecule has 0 bridgehead atoms. The molecule has 1 aliphatic heterocycles. The molecule has 0 spiro atoms. The molecule has 3 rings (SSSR count). The van der Waals surface area contributed by atoms with Crippen LogP contribution in [0.3, 0.4) is 0 Å². The van der Waals surface area contributed by atoms with E-state index in [2.05, 4.69) is 10.4 Å². The lowest BCUT2D eigenvalue weighted by molar-refractivity contribution is -0.141. The predicted molar refractivity (Wildman–Crippen MR) is 97.0 cm³/mol. The highest BCUT2D eigenvalue weighted by Crippen LogP contribution is 2.27. The smallest absolute Gasteiger partial charge is 0.306 e. The summed E-state index contributed by atoms with van der Waals surface area (Å²) in [6, 6.07) is 5.61. The second-order valence-corrected chi connectivity index (χ2v) is 7.06. The Hall–Kier alpha value is -2.70. The zero-order chi connectivity index (χ0) is 18.8. The molecule has 2 amide bonds. The van der Waals surface area contributed by atoms with Gasteiger partial charge in [-0.25, -0.2) is 5.01 Å². The zero-order valence-electron chi connectivity index (χ0n) is 15.0. The maximum Gasteiger partial charge on any atom is 0.306 e. The number of benzene rings is 1. The molecule has 1 aromatic carbocycles. The van der Waals surface area contributed by atoms with Crippen LogP contribution >= 0.6 is 0 Å². The molecule has 1 aliphatic carbocycles. The Bertz CT molecular complexity index is 787. The molecule has 1 heterocycles. The van der Waals surface area contributed by atoms with Crippen LogP contribution in [0.2, 0.25) is 0 Å². The molecule has 0 unspecified atom stereocenters. The van der Waals surface area contributed by atoms with E-state index in [1.807, 2.05) is 32.0 Å². The van der Waals surface area contributed by atoms with Gasteiger partial charge in [0.15, 0.2) is 0 Å². The number of hydrogen-bond donors (Lipinski definition) is 2. The number of aliphatic carboxylic acids is 1. The van der Waals surface area contributed by atoms with Crippen molar-refractivity contribution in [3.05, 3.63) is 29.3 Å². The number of hydrogen-bond acceptors (Lipinski definition) is 4. The molecule has 2 aliphatic rings. The highest BCUT2D eigenvalue weighted by atomic mass is 16.4. The molecule has 1 saturated carbocycles. The molecule has 138 valence electrons. The van der Waals surface area contributed by atoms with E-state index < -0.39 is 11.9 Å². The van der Waals surface area contributed by atoms with E-state index in [4.69, 9.17) is 5.11 Å². The fraction of sp³-hybridized carbons (Fsp3) is 0.474. The summed E-state index contributed by atoms with van der Waals surface area (Å²) in [6.07, 6.45) is 2.17. The minimum Gasteiger partial charge on any atom is -0.481 e. The number of amides is 2. The topological polar surface area (TPSA) is 99.1 Å². The van der Waals surface area contributed by atoms with Gasteiger partial charge in [0.05, 0.1) is 11.6 Å². The molecule has 1 aromatic rings. The third-order valence-electron chi connectivity index (χ3n) is 5.00. The van der Waals surface area contributed by atoms with E-state index in [-0.39, 0.29) is 24.3 Å². The summed E-state index contributed by atoms with van der Waals surface area (Å²) < 4.78 is 0. The van der Waals surface area contributed by atoms with Gasteiger partial charge >= 0.3 is 5.97 Å². The van der Waals surface area contributed by atoms with Gasteiger partial charge in [0.2, 0.25) is 5.91 Å². The summed E-state index contributed by atoms with van der Waals surface area (Å²) in [6.45, 7) is 3.84. The number of anilines is 1. The molecule has 0 saturated heterocycles. The Labute approximate surface area is 152 Å². The first kappa shape index (κ1) is 18.1. The van der Waals surface area contributed by atoms with Crippen molar-refractivity contribution in [3.63, 3.8) is 0 Å². The molecular formula is C19H23N3O4. The molecule has 0 radical (unpaired) electrons. The normalized spacial score (nSPS) is 22.9. The van der Waals surface area contributed by atoms with E-state index in [9.17, 15) is 14.4 Å². The van der Waals surface area contributed by atoms with Gasteiger partial charge in [-0.3, -0.25) is 14.4 Å². The fourth-order valence-corrected chi connectivity index (χ4v) is 3.46. The van der Waals surface area contributed by atoms with Crippen LogP contribution in [0.15, 0.2) is 23.3 Å². The van der Waals surface area contributed by atoms with Crippen molar-refractivity contribution in [2.45, 2.75) is 52.0 Å². The van der Waals surface area contributed by atoms with E-state index in [1.54, 1.807) is 0 Å². The van der Waals surface area contributed by atoms with Gasteiger partial charge in [-0.1, -0.05) is 12.1 Å². The van der Waals surface area contributed by atoms with E-state index >= 15 is 0 Å². The average Bonchev–Trinajstić information content (AvgIpc) is 3.06. The lowest BCUT2D eigenvalue weighted by Crippen LogP contribution is -2.42. The second-order valence-electron chi connectivity index (χ2n) is 7.06. The molecule has 7 nitrogen and oxygen atoms in total. The molecule has 26 heavy (non-hydrogen) atoms. The lowest BCUT2D eigenvalue weighted by atomic mass is 10.1. The first-order valence-electron chi connectivity index (χ1n) is 8.86. The number of hydrazone groups is 1. The fourth-order valence-electron chi connectivity index (χ4n) is 3.46. The highest BCUT2D eigenvalue weighted by molar-refractivity contribution is 6.40. The number of carbonyl (C=O) groups is 3. The van der Waals surface area contributed by atoms with Crippen molar-refractivity contribution in [1.82, 2.24) is 5.32 Å². The van der Waals surface area contributed by atoms with Crippen molar-refractivity contribution in [1.29, 1.82) is 0 Å². The first-order chi connectivity index (χ1) is 12.3. The largest absolute Gasteiger partial charge is 0.481 e. The summed E-state index contributed by atoms with van der Waals surface area (Å²) in [4.78, 5) is 35.9. The number of carboxylic acids is 1. The number of carboxylic acid groups (broad SMARTS) is 1. The maximum absolute atomic E-state index is 12.5. The van der Waals surface area contributed by atoms with Crippen LogP contribution in [0.5, 0.6) is 0 Å². The Morgan fingerprint density at radius 1 is 1.23 bits per heavy atom. The summed E-state index contributed by atoms with van der Waals surface area (Å²) >= 11 is 0. The van der Waals surface area contributed by atoms with Crippen LogP contribution in [0.4, 0.5) is 5.69 Å². The van der Waals surface area contributed by atoms with Gasteiger partial charge in [-0.2, -0.15) is 5.10 Å². The molecular weight excluding hydrogens is 334 g/mol. The highest BCUT2D eigenvalue weighted by Gasteiger charge is 2.32. The van der Waals surface area contributed by atoms with Crippen molar-refractivity contribution < 1.29 is 19.5 Å². The minimum atomic E-state index is -0.816. The Morgan fingerprint density at radius 3 is 2.69 bits per heavy atom. The zero-order valence-corrected chi connectivity index (χ0v) is 15.0. The summed E-state index contributed by atoms with van der Waals surface area (Å²) in [5, 5.41) is 17.6. The SMILES string of the molecule is Cc1ccc(C)c(N2N=C(C(=O)N[C@@H]3CC[C@H](C(=O)O)C3)CCC2=O)c1. The predicted octanol–water partition coefficient (Wildman–Crippen LogP) is 2.16. The third-order valence-corrected chi connectivity index (χ3v) is 5.00. The van der Waals surface area contributed by atoms with Gasteiger partial charge in [0.25, 0.3) is 5.91 Å². The first-order valence-corrected chi connectivity index (χ1v) is 8.86. The number of rotatable bonds is 4. The summed E-state index contributed by atoms with van der Waals surface area (Å²) in [7, 11) is 0. The Morgan fingerprint density at radius 2 is 2.00 bits per heavy atom. The van der Waals surface area contributed by atoms with Gasteiger partial charge in [-0.05, 0) is 50.3 Å². The monoisotopic (exact) mass is 357 g/mol. The van der Waals surface area contributed by atoms with Crippen LogP contribution < -0.4 is 10.3 Å². The van der Waals surface area contributed by atoms with Gasteiger partial charge < -0.3 is 10.4 Å². The van der Waals surface area contributed by atoms with E-state index in [0.29, 0.717) is 37.1 Å². The van der Waals surface area contributed by atoms with Crippen LogP contribution in [-0.2, 0) is 14.4 Å². The maximum atomic E-state index is 12.5. The van der Waals surface area contributed by atoms with E-state index in [1.165, 1.54) is 5.01 Å². The second kappa shape index (κ2) is 7.27. The van der Waals surface area contributed by atoms with Gasteiger partial charge in [0, 0.05) is 18.9 Å². The van der Waals surface area contributed by atoms with E-state index in [0.717, 1.165) is 11.1 Å². The number of carbonyl (C=O) groups excluding carboxylic acids is 2. The van der Waals surface area contributed by atoms with Crippen molar-refractivity contribution >= 4 is 29.2 Å². The minimum absolute atomic E-state index is 0.137. The molecule has 0 aromatic heterocycles. The number of aryl methyl sites for hydroxylation is 2. The quantitative estimate of drug-likeness (QED) is 0.862. The summed E-state index contributed by atoms with van der Waals surface area (Å²) in [5.41, 5.74) is 2.92. The van der Waals surface area contributed by atoms with Crippen LogP contribution in [-0.4, -0.2) is 34.6 Å². The summed E-state index contributed by atoms with van der Waals surface area (Å²) in [5.74, 6) is -1.67. The van der Waals surface area contributed by atoms with Crippen LogP contribution in [0.25, 0.3) is 0 Å². The lowest BCUT2D eigenvalue weighted by Gasteiger charge is -2.25. The molecule has 1 fully saturated rings. The molecule has 2 atom stereocenters. The third kappa shape index (κ3) is 3.76. The van der Waals surface area contributed by atoms with Crippen molar-refractivity contribution in [3.8, 4) is 0 Å². The van der Waals surface area contributed by atoms with Crippen LogP contribution in [0.1, 0.15) is 43.2 Å². The average molecular weight is 357 g/mol. The van der Waals surface area contributed by atoms with Gasteiger partial charge in [-0.15, -0.1) is 0 Å². The number of nitrogens with one attached hydrogen (secondary N) is 1. The Kier molecular flexibility index (Phi) is 5.06. The van der Waals surface area contributed by atoms with Crippen molar-refractivity contribution in [2.24, 2.45) is 11.0 Å². The molecule has 7 heteroatoms. The molecule has 2 N–H and O–H groups in total. The van der Waals surface area contributed by atoms with Gasteiger partial charge in [0.1, 0.15) is 5.71 Å². The standard InChI is InChI=1S/C19H23N3O4/c1-11-3-4-12(2)16(9-11)22-17(23)8-7-15(21-22)18(24)20-14-6-5-13(10-14)19(25)26/h3-4,9,13-14H,5-8,10H2,1-2H3,(H,20,24)(H,25,26)/t13-,14+/m0/s1. The number of nitrogens with zero attached hydrogens (tertiary/aromatic N) is 2.